The van der Waals surface area contributed by atoms with E-state index in [4.69, 9.17) is 0 Å². The van der Waals surface area contributed by atoms with Gasteiger partial charge in [-0.3, -0.25) is 0 Å². The molecule has 0 aromatic carbocycles. The number of nitrogens with zero attached hydrogens (tertiary/aromatic N) is 4. The van der Waals surface area contributed by atoms with E-state index in [2.05, 4.69) is 22.1 Å². The number of piperazine rings is 1. The molecule has 0 aliphatic carbocycles. The Morgan fingerprint density at radius 3 is 2.33 bits per heavy atom. The summed E-state index contributed by atoms with van der Waals surface area (Å²) >= 11 is 0. The molecule has 2 fully saturated rings. The quantitative estimate of drug-likeness (QED) is 0.868. The van der Waals surface area contributed by atoms with Crippen molar-refractivity contribution in [1.29, 1.82) is 0 Å². The van der Waals surface area contributed by atoms with Crippen LogP contribution in [-0.4, -0.2) is 72.7 Å². The van der Waals surface area contributed by atoms with Crippen LogP contribution in [0.2, 0.25) is 0 Å². The molecule has 0 spiro atoms. The molecule has 150 valence electrons. The molecule has 1 aromatic rings. The maximum absolute atomic E-state index is 12.6. The molecule has 2 saturated heterocycles. The molecule has 2 aliphatic rings. The lowest BCUT2D eigenvalue weighted by Crippen LogP contribution is -2.54. The van der Waals surface area contributed by atoms with Crippen molar-refractivity contribution in [3.8, 4) is 0 Å². The van der Waals surface area contributed by atoms with Gasteiger partial charge in [0, 0.05) is 51.5 Å². The molecule has 0 saturated carbocycles. The van der Waals surface area contributed by atoms with Crippen molar-refractivity contribution in [2.45, 2.75) is 32.0 Å². The fourth-order valence-corrected chi connectivity index (χ4v) is 3.53. The van der Waals surface area contributed by atoms with E-state index in [1.54, 1.807) is 0 Å². The zero-order valence-electron chi connectivity index (χ0n) is 15.5. The lowest BCUT2D eigenvalue weighted by Gasteiger charge is -2.37. The van der Waals surface area contributed by atoms with Crippen LogP contribution < -0.4 is 10.2 Å². The van der Waals surface area contributed by atoms with Crippen molar-refractivity contribution >= 4 is 11.8 Å². The zero-order valence-corrected chi connectivity index (χ0v) is 15.5. The summed E-state index contributed by atoms with van der Waals surface area (Å²) in [6.45, 7) is 7.74. The van der Waals surface area contributed by atoms with Crippen LogP contribution in [0.3, 0.4) is 0 Å². The average Bonchev–Trinajstić information content (AvgIpc) is 2.68. The summed E-state index contributed by atoms with van der Waals surface area (Å²) in [7, 11) is 0. The zero-order chi connectivity index (χ0) is 19.4. The summed E-state index contributed by atoms with van der Waals surface area (Å²) in [5.74, 6) is 0.545. The van der Waals surface area contributed by atoms with Gasteiger partial charge in [0.05, 0.1) is 5.56 Å². The minimum Gasteiger partial charge on any atom is -0.356 e. The highest BCUT2D eigenvalue weighted by Crippen LogP contribution is 2.29. The number of alkyl halides is 3. The van der Waals surface area contributed by atoms with Crippen molar-refractivity contribution in [3.63, 3.8) is 0 Å². The summed E-state index contributed by atoms with van der Waals surface area (Å²) in [6.07, 6.45) is -1.99. The van der Waals surface area contributed by atoms with E-state index >= 15 is 0 Å². The molecule has 27 heavy (non-hydrogen) atoms. The molecular formula is C18H26F3N5O. The second-order valence-corrected chi connectivity index (χ2v) is 7.03. The van der Waals surface area contributed by atoms with Gasteiger partial charge >= 0.3 is 12.2 Å². The first-order valence-corrected chi connectivity index (χ1v) is 9.43. The van der Waals surface area contributed by atoms with Gasteiger partial charge < -0.3 is 20.0 Å². The number of carbonyl (C=O) groups is 1. The van der Waals surface area contributed by atoms with E-state index in [9.17, 15) is 18.0 Å². The van der Waals surface area contributed by atoms with Gasteiger partial charge in [0.15, 0.2) is 0 Å². The third-order valence-corrected chi connectivity index (χ3v) is 5.33. The first kappa shape index (κ1) is 19.7. The lowest BCUT2D eigenvalue weighted by atomic mass is 10.1. The van der Waals surface area contributed by atoms with E-state index in [1.165, 1.54) is 6.07 Å². The number of aromatic nitrogens is 1. The number of carbonyl (C=O) groups excluding carboxylic acids is 1. The van der Waals surface area contributed by atoms with Crippen LogP contribution in [0.15, 0.2) is 18.3 Å². The molecule has 9 heteroatoms. The molecule has 6 nitrogen and oxygen atoms in total. The maximum atomic E-state index is 12.6. The maximum Gasteiger partial charge on any atom is 0.417 e. The molecular weight excluding hydrogens is 359 g/mol. The Bertz CT molecular complexity index is 621. The molecule has 0 unspecified atom stereocenters. The van der Waals surface area contributed by atoms with Crippen LogP contribution in [0.4, 0.5) is 23.8 Å². The number of hydrogen-bond donors (Lipinski definition) is 1. The topological polar surface area (TPSA) is 51.7 Å². The Kier molecular flexibility index (Phi) is 6.08. The van der Waals surface area contributed by atoms with Gasteiger partial charge in [-0.2, -0.15) is 13.2 Å². The van der Waals surface area contributed by atoms with Crippen molar-refractivity contribution in [3.05, 3.63) is 23.9 Å². The van der Waals surface area contributed by atoms with Gasteiger partial charge in [-0.05, 0) is 31.5 Å². The number of anilines is 1. The third-order valence-electron chi connectivity index (χ3n) is 5.33. The van der Waals surface area contributed by atoms with Crippen LogP contribution in [0.25, 0.3) is 0 Å². The summed E-state index contributed by atoms with van der Waals surface area (Å²) in [5.41, 5.74) is -0.739. The van der Waals surface area contributed by atoms with Crippen LogP contribution in [0.5, 0.6) is 0 Å². The van der Waals surface area contributed by atoms with Gasteiger partial charge in [0.1, 0.15) is 5.82 Å². The fraction of sp³-hybridized carbons (Fsp3) is 0.667. The fourth-order valence-electron chi connectivity index (χ4n) is 3.53. The van der Waals surface area contributed by atoms with Gasteiger partial charge in [-0.1, -0.05) is 6.92 Å². The normalized spacial score (nSPS) is 20.0. The minimum atomic E-state index is -4.37. The van der Waals surface area contributed by atoms with Crippen LogP contribution in [0, 0.1) is 0 Å². The summed E-state index contributed by atoms with van der Waals surface area (Å²) < 4.78 is 37.9. The molecule has 1 N–H and O–H groups in total. The Hall–Kier alpha value is -2.03. The summed E-state index contributed by atoms with van der Waals surface area (Å²) in [4.78, 5) is 22.5. The van der Waals surface area contributed by atoms with Gasteiger partial charge in [0.25, 0.3) is 0 Å². The van der Waals surface area contributed by atoms with Crippen LogP contribution in [0.1, 0.15) is 25.3 Å². The Balaban J connectivity index is 1.45. The first-order chi connectivity index (χ1) is 12.9. The van der Waals surface area contributed by atoms with Gasteiger partial charge in [-0.15, -0.1) is 0 Å². The predicted molar refractivity (Wildman–Crippen MR) is 96.7 cm³/mol. The molecule has 0 radical (unpaired) electrons. The third kappa shape index (κ3) is 5.03. The number of amides is 2. The number of rotatable bonds is 3. The molecule has 2 amide bonds. The van der Waals surface area contributed by atoms with Crippen molar-refractivity contribution < 1.29 is 18.0 Å². The van der Waals surface area contributed by atoms with Crippen molar-refractivity contribution in [2.75, 3.05) is 50.7 Å². The summed E-state index contributed by atoms with van der Waals surface area (Å²) in [6, 6.07) is 2.55. The van der Waals surface area contributed by atoms with E-state index in [1.807, 2.05) is 9.80 Å². The molecule has 3 rings (SSSR count). The smallest absolute Gasteiger partial charge is 0.356 e. The minimum absolute atomic E-state index is 0.0168. The highest BCUT2D eigenvalue weighted by Gasteiger charge is 2.31. The van der Waals surface area contributed by atoms with Crippen LogP contribution in [-0.2, 0) is 6.18 Å². The summed E-state index contributed by atoms with van der Waals surface area (Å²) in [5, 5.41) is 3.10. The second kappa shape index (κ2) is 8.33. The van der Waals surface area contributed by atoms with E-state index in [0.29, 0.717) is 18.9 Å². The Morgan fingerprint density at radius 2 is 1.81 bits per heavy atom. The number of piperidine rings is 1. The highest BCUT2D eigenvalue weighted by atomic mass is 19.4. The monoisotopic (exact) mass is 385 g/mol. The van der Waals surface area contributed by atoms with E-state index in [0.717, 1.165) is 57.8 Å². The number of urea groups is 1. The van der Waals surface area contributed by atoms with Gasteiger partial charge in [-0.25, -0.2) is 9.78 Å². The lowest BCUT2D eigenvalue weighted by molar-refractivity contribution is -0.137. The van der Waals surface area contributed by atoms with Gasteiger partial charge in [0.2, 0.25) is 0 Å². The standard InChI is InChI=1S/C18H26F3N5O/c1-2-24-9-11-26(12-10-24)17(27)23-15-5-7-25(8-6-15)16-4-3-14(13-22-16)18(19,20)21/h3-4,13,15H,2,5-12H2,1H3,(H,23,27). The average molecular weight is 385 g/mol. The number of hydrogen-bond acceptors (Lipinski definition) is 4. The Labute approximate surface area is 157 Å². The molecule has 1 aromatic heterocycles. The SMILES string of the molecule is CCN1CCN(C(=O)NC2CCN(c3ccc(C(F)(F)F)cn3)CC2)CC1. The van der Waals surface area contributed by atoms with Crippen molar-refractivity contribution in [2.24, 2.45) is 0 Å². The predicted octanol–water partition coefficient (Wildman–Crippen LogP) is 2.42. The van der Waals surface area contributed by atoms with E-state index in [-0.39, 0.29) is 12.1 Å². The number of pyridine rings is 1. The molecule has 0 bridgehead atoms. The first-order valence-electron chi connectivity index (χ1n) is 9.43. The molecule has 0 atom stereocenters. The largest absolute Gasteiger partial charge is 0.417 e. The number of nitrogens with one attached hydrogen (secondary N) is 1. The molecule has 2 aliphatic heterocycles. The number of likely N-dealkylation sites (N-methyl/N-ethyl adjacent to an activating group) is 1. The van der Waals surface area contributed by atoms with E-state index < -0.39 is 11.7 Å². The number of halogens is 3. The molecule has 3 heterocycles. The second-order valence-electron chi connectivity index (χ2n) is 7.03. The van der Waals surface area contributed by atoms with Crippen LogP contribution >= 0.6 is 0 Å². The van der Waals surface area contributed by atoms with Crippen molar-refractivity contribution in [1.82, 2.24) is 20.1 Å². The Morgan fingerprint density at radius 1 is 1.15 bits per heavy atom. The highest BCUT2D eigenvalue weighted by molar-refractivity contribution is 5.74.